The highest BCUT2D eigenvalue weighted by molar-refractivity contribution is 5.84. The summed E-state index contributed by atoms with van der Waals surface area (Å²) in [6.45, 7) is 3.23. The van der Waals surface area contributed by atoms with Gasteiger partial charge in [-0.1, -0.05) is 17.3 Å². The lowest BCUT2D eigenvalue weighted by molar-refractivity contribution is -0.0211. The molecule has 1 aromatic carbocycles. The summed E-state index contributed by atoms with van der Waals surface area (Å²) in [5.41, 5.74) is -1.09. The molecule has 2 aromatic heterocycles. The topological polar surface area (TPSA) is 110 Å². The smallest absolute Gasteiger partial charge is 0.412 e. The largest absolute Gasteiger partial charge is 0.449 e. The molecule has 8 nitrogen and oxygen atoms in total. The Morgan fingerprint density at radius 2 is 1.85 bits per heavy atom. The van der Waals surface area contributed by atoms with Crippen molar-refractivity contribution >= 4 is 11.9 Å². The Morgan fingerprint density at radius 1 is 1.13 bits per heavy atom. The highest BCUT2D eigenvalue weighted by Gasteiger charge is 2.53. The first-order chi connectivity index (χ1) is 18.6. The van der Waals surface area contributed by atoms with Crippen LogP contribution in [0.25, 0.3) is 11.1 Å². The van der Waals surface area contributed by atoms with Crippen molar-refractivity contribution < 1.29 is 27.9 Å². The fourth-order valence-corrected chi connectivity index (χ4v) is 6.02. The third-order valence-corrected chi connectivity index (χ3v) is 8.77. The van der Waals surface area contributed by atoms with Gasteiger partial charge in [0.05, 0.1) is 18.4 Å². The zero-order valence-electron chi connectivity index (χ0n) is 22.1. The number of anilines is 1. The van der Waals surface area contributed by atoms with Crippen LogP contribution in [-0.2, 0) is 15.8 Å². The molecule has 2 heterocycles. The highest BCUT2D eigenvalue weighted by Crippen LogP contribution is 2.57. The van der Waals surface area contributed by atoms with Gasteiger partial charge in [-0.15, -0.1) is 0 Å². The number of hydrogen-bond acceptors (Lipinski definition) is 7. The maximum atomic E-state index is 14.6. The number of nitrogens with zero attached hydrogens (tertiary/aromatic N) is 3. The van der Waals surface area contributed by atoms with Gasteiger partial charge in [0.2, 0.25) is 5.89 Å². The summed E-state index contributed by atoms with van der Waals surface area (Å²) in [7, 11) is 0. The van der Waals surface area contributed by atoms with Crippen molar-refractivity contribution in [2.45, 2.75) is 82.1 Å². The van der Waals surface area contributed by atoms with Gasteiger partial charge in [-0.2, -0.15) is 4.98 Å². The first kappa shape index (κ1) is 25.9. The van der Waals surface area contributed by atoms with Gasteiger partial charge in [0.15, 0.2) is 5.82 Å². The second kappa shape index (κ2) is 9.36. The lowest BCUT2D eigenvalue weighted by Gasteiger charge is -2.51. The number of carbonyl (C=O) groups excluding carboxylic acids is 1. The normalized spacial score (nSPS) is 24.5. The lowest BCUT2D eigenvalue weighted by atomic mass is 9.54. The number of rotatable bonds is 7. The summed E-state index contributed by atoms with van der Waals surface area (Å²) < 4.78 is 40.4. The maximum absolute atomic E-state index is 14.6. The Morgan fingerprint density at radius 3 is 2.49 bits per heavy atom. The van der Waals surface area contributed by atoms with Gasteiger partial charge in [0.25, 0.3) is 0 Å². The number of halogens is 2. The fourth-order valence-electron chi connectivity index (χ4n) is 6.02. The molecule has 0 saturated heterocycles. The van der Waals surface area contributed by atoms with Gasteiger partial charge in [-0.25, -0.2) is 18.6 Å². The Labute approximate surface area is 225 Å². The average molecular weight is 539 g/mol. The monoisotopic (exact) mass is 538 g/mol. The van der Waals surface area contributed by atoms with Crippen LogP contribution in [0.1, 0.15) is 88.4 Å². The number of aliphatic hydroxyl groups is 1. The zero-order chi connectivity index (χ0) is 27.4. The number of benzene rings is 1. The number of nitrogens with one attached hydrogen (secondary N) is 1. The molecule has 10 heteroatoms. The predicted octanol–water partition coefficient (Wildman–Crippen LogP) is 6.36. The minimum Gasteiger partial charge on any atom is -0.449 e. The SMILES string of the molecule is CC(C)(O)c1ccc(-c2cc(NC(=O)OCC34CCC(c5nc(C6CC6)no5)(CC3)CC4)ncc2F)cc1F. The highest BCUT2D eigenvalue weighted by atomic mass is 19.1. The molecule has 2 N–H and O–H groups in total. The molecule has 4 saturated carbocycles. The van der Waals surface area contributed by atoms with Crippen molar-refractivity contribution in [1.82, 2.24) is 15.1 Å². The van der Waals surface area contributed by atoms with Gasteiger partial charge >= 0.3 is 6.09 Å². The van der Waals surface area contributed by atoms with E-state index in [0.717, 1.165) is 75.3 Å². The van der Waals surface area contributed by atoms with Gasteiger partial charge < -0.3 is 14.4 Å². The van der Waals surface area contributed by atoms with E-state index in [2.05, 4.69) is 15.5 Å². The molecule has 0 aliphatic heterocycles. The van der Waals surface area contributed by atoms with Crippen LogP contribution < -0.4 is 5.32 Å². The summed E-state index contributed by atoms with van der Waals surface area (Å²) in [4.78, 5) is 21.3. The van der Waals surface area contributed by atoms with E-state index in [1.54, 1.807) is 0 Å². The standard InChI is InChI=1S/C29H32F2N4O4/c1-27(2,37)20-6-5-18(13-21(20)30)19-14-23(32-15-22(19)31)33-26(36)38-16-28-7-10-29(11-8-28,12-9-28)25-34-24(35-39-25)17-3-4-17/h5-6,13-15,17,37H,3-4,7-12,16H2,1-2H3,(H,32,33,36). The minimum atomic E-state index is -1.38. The quantitative estimate of drug-likeness (QED) is 0.360. The van der Waals surface area contributed by atoms with Gasteiger partial charge in [-0.05, 0) is 82.9 Å². The van der Waals surface area contributed by atoms with Gasteiger partial charge in [0.1, 0.15) is 17.5 Å². The van der Waals surface area contributed by atoms with Crippen LogP contribution in [0.2, 0.25) is 0 Å². The van der Waals surface area contributed by atoms with E-state index < -0.39 is 23.3 Å². The lowest BCUT2D eigenvalue weighted by Crippen LogP contribution is -2.46. The number of pyridine rings is 1. The molecule has 4 aliphatic carbocycles. The number of carbonyl (C=O) groups is 1. The Kier molecular flexibility index (Phi) is 6.21. The Bertz CT molecular complexity index is 1390. The number of amides is 1. The second-order valence-electron chi connectivity index (χ2n) is 12.0. The number of fused-ring (bicyclic) bond motifs is 3. The van der Waals surface area contributed by atoms with Crippen molar-refractivity contribution in [1.29, 1.82) is 0 Å². The number of ether oxygens (including phenoxy) is 1. The van der Waals surface area contributed by atoms with E-state index in [1.807, 2.05) is 0 Å². The first-order valence-electron chi connectivity index (χ1n) is 13.5. The molecule has 206 valence electrons. The van der Waals surface area contributed by atoms with Gasteiger partial charge in [-0.3, -0.25) is 5.32 Å². The van der Waals surface area contributed by atoms with E-state index in [4.69, 9.17) is 14.2 Å². The Balaban J connectivity index is 1.07. The molecule has 3 aromatic rings. The molecule has 0 spiro atoms. The van der Waals surface area contributed by atoms with Crippen LogP contribution in [0.15, 0.2) is 35.0 Å². The van der Waals surface area contributed by atoms with Crippen molar-refractivity contribution in [2.24, 2.45) is 5.41 Å². The van der Waals surface area contributed by atoms with Crippen LogP contribution in [0, 0.1) is 17.0 Å². The molecule has 0 atom stereocenters. The number of aromatic nitrogens is 3. The van der Waals surface area contributed by atoms with Crippen LogP contribution in [-0.4, -0.2) is 32.9 Å². The number of hydrogen-bond donors (Lipinski definition) is 2. The van der Waals surface area contributed by atoms with Crippen molar-refractivity contribution in [3.8, 4) is 11.1 Å². The van der Waals surface area contributed by atoms with E-state index in [1.165, 1.54) is 32.0 Å². The van der Waals surface area contributed by atoms with Crippen molar-refractivity contribution in [3.05, 3.63) is 59.4 Å². The van der Waals surface area contributed by atoms with Crippen LogP contribution in [0.4, 0.5) is 19.4 Å². The Hall–Kier alpha value is -3.40. The fraction of sp³-hybridized carbons (Fsp3) is 0.517. The molecule has 0 unspecified atom stereocenters. The van der Waals surface area contributed by atoms with Crippen molar-refractivity contribution in [3.63, 3.8) is 0 Å². The zero-order valence-corrected chi connectivity index (χ0v) is 22.1. The first-order valence-corrected chi connectivity index (χ1v) is 13.5. The van der Waals surface area contributed by atoms with Crippen LogP contribution in [0.5, 0.6) is 0 Å². The molecule has 7 rings (SSSR count). The van der Waals surface area contributed by atoms with E-state index in [9.17, 15) is 18.7 Å². The maximum Gasteiger partial charge on any atom is 0.412 e. The molecule has 2 bridgehead atoms. The average Bonchev–Trinajstić information content (AvgIpc) is 3.64. The molecule has 4 fully saturated rings. The van der Waals surface area contributed by atoms with E-state index in [0.29, 0.717) is 5.92 Å². The second-order valence-corrected chi connectivity index (χ2v) is 12.0. The molecule has 0 radical (unpaired) electrons. The van der Waals surface area contributed by atoms with Crippen LogP contribution >= 0.6 is 0 Å². The van der Waals surface area contributed by atoms with Crippen molar-refractivity contribution in [2.75, 3.05) is 11.9 Å². The molecule has 4 aliphatic rings. The summed E-state index contributed by atoms with van der Waals surface area (Å²) >= 11 is 0. The molecular formula is C29H32F2N4O4. The summed E-state index contributed by atoms with van der Waals surface area (Å²) in [6, 6.07) is 5.42. The summed E-state index contributed by atoms with van der Waals surface area (Å²) in [5.74, 6) is 0.844. The summed E-state index contributed by atoms with van der Waals surface area (Å²) in [6.07, 6.45) is 8.08. The molecule has 1 amide bonds. The predicted molar refractivity (Wildman–Crippen MR) is 138 cm³/mol. The van der Waals surface area contributed by atoms with E-state index in [-0.39, 0.29) is 39.9 Å². The van der Waals surface area contributed by atoms with Crippen LogP contribution in [0.3, 0.4) is 0 Å². The third kappa shape index (κ3) is 5.02. The molecule has 39 heavy (non-hydrogen) atoms. The van der Waals surface area contributed by atoms with E-state index >= 15 is 0 Å². The summed E-state index contributed by atoms with van der Waals surface area (Å²) in [5, 5.41) is 16.9. The molecular weight excluding hydrogens is 506 g/mol. The third-order valence-electron chi connectivity index (χ3n) is 8.77. The van der Waals surface area contributed by atoms with Gasteiger partial charge in [0, 0.05) is 27.9 Å². The minimum absolute atomic E-state index is 0.0663.